The number of benzene rings is 3. The highest BCUT2D eigenvalue weighted by Gasteiger charge is 2.89. The van der Waals surface area contributed by atoms with Gasteiger partial charge in [0.25, 0.3) is 22.7 Å². The SMILES string of the molecule is CCOC(=O)C12N3Cc4cc5c(cc4CN1C(=O)N1Cc4c(OC)ccc(OC)c4CN(C3=O)C12C(=O)OCC)CN1C(=O)N2Cc3c(OC)ccc(OC)c3CN3C(=O)N(C5)C1(C(=O)OCC)C32C(=O)OCC. The third kappa shape index (κ3) is 5.41. The third-order valence-electron chi connectivity index (χ3n) is 15.9. The molecule has 0 atom stereocenters. The second kappa shape index (κ2) is 16.7. The number of carbonyl (C=O) groups is 8. The van der Waals surface area contributed by atoms with Gasteiger partial charge in [0.2, 0.25) is 0 Å². The lowest BCUT2D eigenvalue weighted by molar-refractivity contribution is -0.191. The Morgan fingerprint density at radius 1 is 0.365 bits per heavy atom. The number of amides is 8. The minimum atomic E-state index is -2.51. The first-order valence-electron chi connectivity index (χ1n) is 24.3. The molecule has 390 valence electrons. The fourth-order valence-corrected chi connectivity index (χ4v) is 13.1. The summed E-state index contributed by atoms with van der Waals surface area (Å²) in [6, 6.07) is 6.64. The molecule has 11 rings (SSSR count). The van der Waals surface area contributed by atoms with Crippen molar-refractivity contribution in [2.75, 3.05) is 54.9 Å². The van der Waals surface area contributed by atoms with E-state index >= 15 is 38.4 Å². The number of carbonyl (C=O) groups excluding carboxylic acids is 8. The Bertz CT molecular complexity index is 2690. The smallest absolute Gasteiger partial charge is 0.358 e. The number of nitrogens with zero attached hydrogens (tertiary/aromatic N) is 8. The van der Waals surface area contributed by atoms with E-state index in [0.717, 1.165) is 39.2 Å². The first-order valence-corrected chi connectivity index (χ1v) is 24.3. The normalized spacial score (nSPS) is 25.4. The van der Waals surface area contributed by atoms with Gasteiger partial charge in [0, 0.05) is 22.3 Å². The van der Waals surface area contributed by atoms with Gasteiger partial charge in [-0.15, -0.1) is 0 Å². The van der Waals surface area contributed by atoms with Gasteiger partial charge in [-0.2, -0.15) is 0 Å². The Balaban J connectivity index is 1.11. The molecule has 8 amide bonds. The zero-order valence-corrected chi connectivity index (χ0v) is 42.1. The maximum absolute atomic E-state index is 15.6. The molecule has 0 unspecified atom stereocenters. The van der Waals surface area contributed by atoms with Crippen molar-refractivity contribution in [3.05, 3.63) is 80.9 Å². The van der Waals surface area contributed by atoms with Gasteiger partial charge < -0.3 is 37.9 Å². The molecular weight excluding hydrogens is 969 g/mol. The molecule has 24 nitrogen and oxygen atoms in total. The highest BCUT2D eigenvalue weighted by molar-refractivity contribution is 6.11. The first kappa shape index (κ1) is 48.1. The third-order valence-corrected chi connectivity index (χ3v) is 15.9. The molecule has 8 heterocycles. The van der Waals surface area contributed by atoms with Crippen molar-refractivity contribution in [2.24, 2.45) is 0 Å². The van der Waals surface area contributed by atoms with Crippen LogP contribution in [0.15, 0.2) is 36.4 Å². The number of hydrogen-bond donors (Lipinski definition) is 0. The van der Waals surface area contributed by atoms with Crippen molar-refractivity contribution < 1.29 is 76.3 Å². The molecule has 0 saturated carbocycles. The van der Waals surface area contributed by atoms with Crippen LogP contribution in [0.3, 0.4) is 0 Å². The predicted octanol–water partition coefficient (Wildman–Crippen LogP) is 3.16. The molecule has 0 radical (unpaired) electrons. The second-order valence-electron chi connectivity index (χ2n) is 18.6. The summed E-state index contributed by atoms with van der Waals surface area (Å²) < 4.78 is 46.3. The van der Waals surface area contributed by atoms with Crippen LogP contribution in [0.5, 0.6) is 23.0 Å². The zero-order valence-electron chi connectivity index (χ0n) is 42.1. The number of ether oxygens (including phenoxy) is 8. The number of esters is 4. The van der Waals surface area contributed by atoms with E-state index in [0.29, 0.717) is 67.5 Å². The van der Waals surface area contributed by atoms with Crippen molar-refractivity contribution in [2.45, 2.75) is 103 Å². The van der Waals surface area contributed by atoms with Crippen molar-refractivity contribution in [1.82, 2.24) is 39.2 Å². The van der Waals surface area contributed by atoms with Crippen LogP contribution in [-0.4, -0.2) is 165 Å². The molecule has 0 aliphatic carbocycles. The van der Waals surface area contributed by atoms with Gasteiger partial charge in [0.15, 0.2) is 0 Å². The zero-order chi connectivity index (χ0) is 52.6. The Kier molecular flexibility index (Phi) is 10.8. The van der Waals surface area contributed by atoms with Crippen molar-refractivity contribution in [3.8, 4) is 23.0 Å². The van der Waals surface area contributed by atoms with Gasteiger partial charge in [0.1, 0.15) is 23.0 Å². The topological polar surface area (TPSA) is 236 Å². The number of rotatable bonds is 12. The molecule has 0 N–H and O–H groups in total. The van der Waals surface area contributed by atoms with Crippen LogP contribution >= 0.6 is 0 Å². The van der Waals surface area contributed by atoms with E-state index in [-0.39, 0.29) is 52.6 Å². The van der Waals surface area contributed by atoms with Crippen LogP contribution in [0.4, 0.5) is 19.2 Å². The van der Waals surface area contributed by atoms with Crippen LogP contribution in [0.25, 0.3) is 0 Å². The summed E-state index contributed by atoms with van der Waals surface area (Å²) in [5, 5.41) is 0. The molecule has 8 aliphatic rings. The summed E-state index contributed by atoms with van der Waals surface area (Å²) in [5.41, 5.74) is -6.75. The minimum absolute atomic E-state index is 0.187. The van der Waals surface area contributed by atoms with E-state index in [1.807, 2.05) is 0 Å². The number of methoxy groups -OCH3 is 4. The standard InChI is InChI=1S/C50H54N8O16/c1-9-71-39(59)47-49(41(61)73-11-3)55-23-31-32(36(68-6)14-13-35(31)67-5)24-56(49)44(64)52(47)20-28-18-30-22-54-46(66)58-26-34-33(37(69-7)15-16-38(34)70-8)25-57-45(65)53(21-29(30)17-27(28)19-51(47)43(55)63)48(54,40(60)72-10-2)50(57,58)42(62)74-12-4/h13-18H,9-12,19-26H2,1-8H3. The number of urea groups is 4. The summed E-state index contributed by atoms with van der Waals surface area (Å²) in [4.78, 5) is 133. The summed E-state index contributed by atoms with van der Waals surface area (Å²) in [7, 11) is 5.77. The van der Waals surface area contributed by atoms with E-state index in [1.165, 1.54) is 28.4 Å². The molecule has 3 aromatic carbocycles. The van der Waals surface area contributed by atoms with Crippen molar-refractivity contribution >= 4 is 48.0 Å². The van der Waals surface area contributed by atoms with Crippen molar-refractivity contribution in [3.63, 3.8) is 0 Å². The van der Waals surface area contributed by atoms with Crippen LogP contribution < -0.4 is 18.9 Å². The fourth-order valence-electron chi connectivity index (χ4n) is 13.1. The lowest BCUT2D eigenvalue weighted by Crippen LogP contribution is -2.75. The molecule has 0 aromatic heterocycles. The van der Waals surface area contributed by atoms with E-state index in [4.69, 9.17) is 37.9 Å². The Morgan fingerprint density at radius 2 is 0.554 bits per heavy atom. The Hall–Kier alpha value is -8.18. The van der Waals surface area contributed by atoms with Crippen LogP contribution in [0.1, 0.15) is 72.2 Å². The second-order valence-corrected chi connectivity index (χ2v) is 18.6. The molecule has 0 spiro atoms. The van der Waals surface area contributed by atoms with Crippen LogP contribution in [0.2, 0.25) is 0 Å². The maximum Gasteiger partial charge on any atom is 0.358 e. The summed E-state index contributed by atoms with van der Waals surface area (Å²) in [6.07, 6.45) is 0. The molecule has 4 saturated heterocycles. The molecule has 0 bridgehead atoms. The maximum atomic E-state index is 15.6. The van der Waals surface area contributed by atoms with Gasteiger partial charge in [-0.1, -0.05) is 12.1 Å². The highest BCUT2D eigenvalue weighted by atomic mass is 16.6. The predicted molar refractivity (Wildman–Crippen MR) is 249 cm³/mol. The molecule has 74 heavy (non-hydrogen) atoms. The van der Waals surface area contributed by atoms with Gasteiger partial charge in [-0.3, -0.25) is 39.2 Å². The lowest BCUT2D eigenvalue weighted by Gasteiger charge is -2.44. The van der Waals surface area contributed by atoms with E-state index < -0.39 is 96.8 Å². The average Bonchev–Trinajstić information content (AvgIpc) is 3.70. The summed E-state index contributed by atoms with van der Waals surface area (Å²) in [6.45, 7) is 2.54. The first-order chi connectivity index (χ1) is 35.6. The fraction of sp³-hybridized carbons (Fsp3) is 0.480. The Morgan fingerprint density at radius 3 is 0.730 bits per heavy atom. The van der Waals surface area contributed by atoms with Gasteiger partial charge in [0.05, 0.1) is 107 Å². The van der Waals surface area contributed by atoms with E-state index in [9.17, 15) is 0 Å². The summed E-state index contributed by atoms with van der Waals surface area (Å²) in [5.74, 6) is -2.94. The quantitative estimate of drug-likeness (QED) is 0.187. The average molecular weight is 1020 g/mol. The van der Waals surface area contributed by atoms with Gasteiger partial charge in [-0.25, -0.2) is 38.4 Å². The summed E-state index contributed by atoms with van der Waals surface area (Å²) >= 11 is 0. The number of hydrogen-bond acceptors (Lipinski definition) is 16. The lowest BCUT2D eigenvalue weighted by atomic mass is 9.90. The van der Waals surface area contributed by atoms with E-state index in [1.54, 1.807) is 64.1 Å². The Labute approximate surface area is 423 Å². The molecule has 3 aromatic rings. The van der Waals surface area contributed by atoms with Crippen LogP contribution in [0, 0.1) is 0 Å². The largest absolute Gasteiger partial charge is 0.496 e. The van der Waals surface area contributed by atoms with Gasteiger partial charge >= 0.3 is 48.0 Å². The van der Waals surface area contributed by atoms with Crippen LogP contribution in [-0.2, 0) is 90.5 Å². The highest BCUT2D eigenvalue weighted by Crippen LogP contribution is 2.61. The van der Waals surface area contributed by atoms with Crippen molar-refractivity contribution in [1.29, 1.82) is 0 Å². The van der Waals surface area contributed by atoms with E-state index in [2.05, 4.69) is 0 Å². The molecular formula is C50H54N8O16. The molecule has 8 aliphatic heterocycles. The molecule has 24 heteroatoms. The molecule has 4 fully saturated rings. The van der Waals surface area contributed by atoms with Gasteiger partial charge in [-0.05, 0) is 74.2 Å². The minimum Gasteiger partial charge on any atom is -0.496 e. The number of fused-ring (bicyclic) bond motifs is 4. The monoisotopic (exact) mass is 1020 g/mol.